The molecule has 0 radical (unpaired) electrons. The van der Waals surface area contributed by atoms with Gasteiger partial charge in [0.15, 0.2) is 0 Å². The summed E-state index contributed by atoms with van der Waals surface area (Å²) >= 11 is 2.57. The van der Waals surface area contributed by atoms with Gasteiger partial charge >= 0.3 is 0 Å². The average Bonchev–Trinajstić information content (AvgIpc) is 2.89. The number of hydrogen-bond donors (Lipinski definition) is 1. The third-order valence-electron chi connectivity index (χ3n) is 2.13. The van der Waals surface area contributed by atoms with Crippen LogP contribution >= 0.6 is 22.7 Å². The Morgan fingerprint density at radius 1 is 1.47 bits per heavy atom. The van der Waals surface area contributed by atoms with Crippen molar-refractivity contribution in [2.45, 2.75) is 10.8 Å². The van der Waals surface area contributed by atoms with Crippen molar-refractivity contribution in [2.24, 2.45) is 0 Å². The first-order valence-corrected chi connectivity index (χ1v) is 7.94. The van der Waals surface area contributed by atoms with Crippen molar-refractivity contribution < 1.29 is 8.42 Å². The minimum Gasteiger partial charge on any atom is -0.398 e. The standard InChI is InChI=1S/C9H11N3O2S3/c1-12(3-8-5-15-6-11-8)17(13,14)9-2-7(10)4-16-9/h2,4-6H,3,10H2,1H3. The molecule has 0 saturated carbocycles. The molecular weight excluding hydrogens is 278 g/mol. The van der Waals surface area contributed by atoms with E-state index in [-0.39, 0.29) is 10.8 Å². The number of anilines is 1. The first-order valence-electron chi connectivity index (χ1n) is 4.67. The van der Waals surface area contributed by atoms with E-state index < -0.39 is 10.0 Å². The Hall–Kier alpha value is -0.960. The minimum atomic E-state index is -3.46. The van der Waals surface area contributed by atoms with Gasteiger partial charge in [-0.15, -0.1) is 22.7 Å². The van der Waals surface area contributed by atoms with Gasteiger partial charge < -0.3 is 5.73 Å². The molecule has 8 heteroatoms. The number of nitrogens with two attached hydrogens (primary N) is 1. The maximum Gasteiger partial charge on any atom is 0.252 e. The first-order chi connectivity index (χ1) is 8.00. The van der Waals surface area contributed by atoms with Gasteiger partial charge in [-0.25, -0.2) is 13.4 Å². The number of nitrogens with zero attached hydrogens (tertiary/aromatic N) is 2. The zero-order chi connectivity index (χ0) is 12.5. The van der Waals surface area contributed by atoms with Gasteiger partial charge in [-0.05, 0) is 6.07 Å². The highest BCUT2D eigenvalue weighted by molar-refractivity contribution is 7.91. The van der Waals surface area contributed by atoms with Crippen LogP contribution in [0, 0.1) is 0 Å². The van der Waals surface area contributed by atoms with Gasteiger partial charge in [0, 0.05) is 23.5 Å². The molecule has 0 amide bonds. The van der Waals surface area contributed by atoms with Gasteiger partial charge in [-0.2, -0.15) is 4.31 Å². The van der Waals surface area contributed by atoms with Crippen LogP contribution in [0.1, 0.15) is 5.69 Å². The molecule has 0 bridgehead atoms. The van der Waals surface area contributed by atoms with E-state index in [1.165, 1.54) is 28.8 Å². The Bertz CT molecular complexity index is 589. The van der Waals surface area contributed by atoms with E-state index in [1.54, 1.807) is 10.9 Å². The van der Waals surface area contributed by atoms with Crippen molar-refractivity contribution in [1.82, 2.24) is 9.29 Å². The lowest BCUT2D eigenvalue weighted by Crippen LogP contribution is -2.25. The molecule has 0 aliphatic heterocycles. The Balaban J connectivity index is 2.21. The van der Waals surface area contributed by atoms with Gasteiger partial charge in [0.1, 0.15) is 4.21 Å². The van der Waals surface area contributed by atoms with Crippen molar-refractivity contribution in [3.8, 4) is 0 Å². The van der Waals surface area contributed by atoms with E-state index >= 15 is 0 Å². The third-order valence-corrected chi connectivity index (χ3v) is 6.00. The molecular formula is C9H11N3O2S3. The Kier molecular flexibility index (Phi) is 3.48. The molecule has 92 valence electrons. The highest BCUT2D eigenvalue weighted by Gasteiger charge is 2.23. The van der Waals surface area contributed by atoms with Crippen LogP contribution in [0.15, 0.2) is 26.5 Å². The lowest BCUT2D eigenvalue weighted by Gasteiger charge is -2.14. The number of nitrogen functional groups attached to an aromatic ring is 1. The zero-order valence-corrected chi connectivity index (χ0v) is 11.5. The highest BCUT2D eigenvalue weighted by atomic mass is 32.2. The largest absolute Gasteiger partial charge is 0.398 e. The minimum absolute atomic E-state index is 0.257. The number of aromatic nitrogens is 1. The van der Waals surface area contributed by atoms with Crippen molar-refractivity contribution in [3.05, 3.63) is 28.0 Å². The molecule has 2 aromatic heterocycles. The molecule has 2 heterocycles. The van der Waals surface area contributed by atoms with Gasteiger partial charge in [0.05, 0.1) is 17.7 Å². The topological polar surface area (TPSA) is 76.3 Å². The van der Waals surface area contributed by atoms with Crippen LogP contribution in [0.4, 0.5) is 5.69 Å². The second-order valence-corrected chi connectivity index (χ2v) is 7.34. The van der Waals surface area contributed by atoms with Gasteiger partial charge in [-0.1, -0.05) is 0 Å². The molecule has 0 spiro atoms. The predicted molar refractivity (Wildman–Crippen MR) is 69.5 cm³/mol. The fourth-order valence-electron chi connectivity index (χ4n) is 1.25. The van der Waals surface area contributed by atoms with Gasteiger partial charge in [0.25, 0.3) is 10.0 Å². The summed E-state index contributed by atoms with van der Waals surface area (Å²) in [7, 11) is -1.93. The number of rotatable bonds is 4. The van der Waals surface area contributed by atoms with E-state index in [4.69, 9.17) is 5.73 Å². The number of thiophene rings is 1. The molecule has 0 aromatic carbocycles. The van der Waals surface area contributed by atoms with Crippen molar-refractivity contribution in [1.29, 1.82) is 0 Å². The molecule has 0 aliphatic carbocycles. The first kappa shape index (κ1) is 12.5. The second-order valence-electron chi connectivity index (χ2n) is 3.44. The Morgan fingerprint density at radius 2 is 2.24 bits per heavy atom. The molecule has 0 aliphatic rings. The summed E-state index contributed by atoms with van der Waals surface area (Å²) in [5, 5.41) is 3.44. The van der Waals surface area contributed by atoms with E-state index in [0.29, 0.717) is 5.69 Å². The van der Waals surface area contributed by atoms with Crippen molar-refractivity contribution in [2.75, 3.05) is 12.8 Å². The molecule has 0 unspecified atom stereocenters. The van der Waals surface area contributed by atoms with Crippen LogP contribution in [0.3, 0.4) is 0 Å². The Morgan fingerprint density at radius 3 is 2.76 bits per heavy atom. The molecule has 17 heavy (non-hydrogen) atoms. The van der Waals surface area contributed by atoms with E-state index in [2.05, 4.69) is 4.98 Å². The highest BCUT2D eigenvalue weighted by Crippen LogP contribution is 2.25. The smallest absolute Gasteiger partial charge is 0.252 e. The lowest BCUT2D eigenvalue weighted by atomic mass is 10.5. The van der Waals surface area contributed by atoms with E-state index in [1.807, 2.05) is 5.38 Å². The normalized spacial score (nSPS) is 12.1. The zero-order valence-electron chi connectivity index (χ0n) is 9.03. The number of thiazole rings is 1. The van der Waals surface area contributed by atoms with Gasteiger partial charge in [0.2, 0.25) is 0 Å². The molecule has 0 fully saturated rings. The maximum atomic E-state index is 12.1. The van der Waals surface area contributed by atoms with E-state index in [9.17, 15) is 8.42 Å². The van der Waals surface area contributed by atoms with Crippen molar-refractivity contribution >= 4 is 38.4 Å². The molecule has 0 atom stereocenters. The predicted octanol–water partition coefficient (Wildman–Crippen LogP) is 1.61. The molecule has 2 rings (SSSR count). The summed E-state index contributed by atoms with van der Waals surface area (Å²) in [6, 6.07) is 1.47. The Labute approximate surface area is 108 Å². The summed E-state index contributed by atoms with van der Waals surface area (Å²) in [5.74, 6) is 0. The number of sulfonamides is 1. The summed E-state index contributed by atoms with van der Waals surface area (Å²) in [5.41, 5.74) is 8.42. The molecule has 5 nitrogen and oxygen atoms in total. The quantitative estimate of drug-likeness (QED) is 0.927. The average molecular weight is 289 g/mol. The van der Waals surface area contributed by atoms with Crippen LogP contribution in [0.25, 0.3) is 0 Å². The van der Waals surface area contributed by atoms with Crippen LogP contribution in [-0.2, 0) is 16.6 Å². The van der Waals surface area contributed by atoms with E-state index in [0.717, 1.165) is 17.0 Å². The molecule has 0 saturated heterocycles. The second kappa shape index (κ2) is 4.73. The SMILES string of the molecule is CN(Cc1cscn1)S(=O)(=O)c1cc(N)cs1. The van der Waals surface area contributed by atoms with Crippen molar-refractivity contribution in [3.63, 3.8) is 0 Å². The summed E-state index contributed by atoms with van der Waals surface area (Å²) < 4.78 is 25.8. The summed E-state index contributed by atoms with van der Waals surface area (Å²) in [6.45, 7) is 0.267. The monoisotopic (exact) mass is 289 g/mol. The lowest BCUT2D eigenvalue weighted by molar-refractivity contribution is 0.465. The molecule has 2 aromatic rings. The fourth-order valence-corrected chi connectivity index (χ4v) is 4.23. The number of hydrogen-bond acceptors (Lipinski definition) is 6. The van der Waals surface area contributed by atoms with Crippen LogP contribution in [-0.4, -0.2) is 24.8 Å². The summed E-state index contributed by atoms with van der Waals surface area (Å²) in [4.78, 5) is 4.06. The maximum absolute atomic E-state index is 12.1. The third kappa shape index (κ3) is 2.65. The van der Waals surface area contributed by atoms with Crippen LogP contribution in [0.5, 0.6) is 0 Å². The molecule has 2 N–H and O–H groups in total. The summed E-state index contributed by atoms with van der Waals surface area (Å²) in [6.07, 6.45) is 0. The van der Waals surface area contributed by atoms with Gasteiger partial charge in [-0.3, -0.25) is 0 Å². The fraction of sp³-hybridized carbons (Fsp3) is 0.222. The van der Waals surface area contributed by atoms with Crippen LogP contribution in [0.2, 0.25) is 0 Å². The van der Waals surface area contributed by atoms with Crippen LogP contribution < -0.4 is 5.73 Å².